The van der Waals surface area contributed by atoms with Gasteiger partial charge in [-0.3, -0.25) is 9.59 Å². The number of carbonyl (C=O) groups is 2. The standard InChI is InChI=1S/C25H35NO2/c27-23(25(17-6-7-18-25)21-12-2-1-3-13-21)15-8-16-24(28)26-19-9-11-20-10-4-5-14-22(20)26/h1-3,12-13,20,22H,4-11,14-19H2. The van der Waals surface area contributed by atoms with Crippen molar-refractivity contribution in [2.24, 2.45) is 5.92 Å². The minimum atomic E-state index is -0.288. The van der Waals surface area contributed by atoms with Crippen LogP contribution >= 0.6 is 0 Å². The number of hydrogen-bond acceptors (Lipinski definition) is 2. The summed E-state index contributed by atoms with van der Waals surface area (Å²) in [5.74, 6) is 1.38. The van der Waals surface area contributed by atoms with Crippen LogP contribution in [0.4, 0.5) is 0 Å². The van der Waals surface area contributed by atoms with Crippen molar-refractivity contribution in [2.75, 3.05) is 6.54 Å². The molecule has 2 atom stereocenters. The first-order valence-corrected chi connectivity index (χ1v) is 11.6. The normalized spacial score (nSPS) is 26.6. The first kappa shape index (κ1) is 19.7. The van der Waals surface area contributed by atoms with Gasteiger partial charge < -0.3 is 4.90 Å². The molecule has 1 heterocycles. The van der Waals surface area contributed by atoms with Gasteiger partial charge in [0.05, 0.1) is 5.41 Å². The van der Waals surface area contributed by atoms with E-state index in [4.69, 9.17) is 0 Å². The van der Waals surface area contributed by atoms with Crippen LogP contribution in [0.2, 0.25) is 0 Å². The first-order chi connectivity index (χ1) is 13.7. The zero-order valence-corrected chi connectivity index (χ0v) is 17.2. The molecule has 3 aliphatic rings. The van der Waals surface area contributed by atoms with E-state index in [0.717, 1.165) is 44.6 Å². The number of hydrogen-bond donors (Lipinski definition) is 0. The van der Waals surface area contributed by atoms with E-state index in [1.54, 1.807) is 0 Å². The third-order valence-corrected chi connectivity index (χ3v) is 7.68. The molecular weight excluding hydrogens is 346 g/mol. The number of piperidine rings is 1. The number of carbonyl (C=O) groups excluding carboxylic acids is 2. The first-order valence-electron chi connectivity index (χ1n) is 11.6. The van der Waals surface area contributed by atoms with Crippen LogP contribution in [0.25, 0.3) is 0 Å². The van der Waals surface area contributed by atoms with Gasteiger partial charge in [0, 0.05) is 25.4 Å². The van der Waals surface area contributed by atoms with Crippen molar-refractivity contribution in [3.63, 3.8) is 0 Å². The lowest BCUT2D eigenvalue weighted by molar-refractivity contribution is -0.137. The summed E-state index contributed by atoms with van der Waals surface area (Å²) in [7, 11) is 0. The summed E-state index contributed by atoms with van der Waals surface area (Å²) in [6.07, 6.45) is 13.5. The highest BCUT2D eigenvalue weighted by Gasteiger charge is 2.42. The summed E-state index contributed by atoms with van der Waals surface area (Å²) >= 11 is 0. The molecule has 4 rings (SSSR count). The van der Waals surface area contributed by atoms with E-state index in [-0.39, 0.29) is 5.41 Å². The highest BCUT2D eigenvalue weighted by Crippen LogP contribution is 2.43. The van der Waals surface area contributed by atoms with Crippen LogP contribution in [-0.2, 0) is 15.0 Å². The molecule has 1 saturated heterocycles. The topological polar surface area (TPSA) is 37.4 Å². The summed E-state index contributed by atoms with van der Waals surface area (Å²) in [5, 5.41) is 0. The zero-order valence-electron chi connectivity index (χ0n) is 17.2. The second-order valence-electron chi connectivity index (χ2n) is 9.27. The molecule has 1 aromatic rings. The quantitative estimate of drug-likeness (QED) is 0.660. The molecule has 0 spiro atoms. The Balaban J connectivity index is 1.34. The van der Waals surface area contributed by atoms with Crippen LogP contribution < -0.4 is 0 Å². The molecule has 0 aromatic heterocycles. The van der Waals surface area contributed by atoms with Crippen LogP contribution in [0.3, 0.4) is 0 Å². The van der Waals surface area contributed by atoms with E-state index in [2.05, 4.69) is 17.0 Å². The van der Waals surface area contributed by atoms with E-state index in [1.165, 1.54) is 37.7 Å². The van der Waals surface area contributed by atoms with E-state index in [0.29, 0.717) is 37.0 Å². The summed E-state index contributed by atoms with van der Waals surface area (Å²) < 4.78 is 0. The largest absolute Gasteiger partial charge is 0.339 e. The summed E-state index contributed by atoms with van der Waals surface area (Å²) in [4.78, 5) is 28.3. The van der Waals surface area contributed by atoms with Crippen LogP contribution in [0.15, 0.2) is 30.3 Å². The fourth-order valence-electron chi connectivity index (χ4n) is 6.18. The lowest BCUT2D eigenvalue weighted by Gasteiger charge is -2.44. The lowest BCUT2D eigenvalue weighted by Crippen LogP contribution is -2.49. The Morgan fingerprint density at radius 2 is 1.61 bits per heavy atom. The minimum Gasteiger partial charge on any atom is -0.339 e. The third kappa shape index (κ3) is 3.90. The SMILES string of the molecule is O=C(CCCC(=O)C1(c2ccccc2)CCCC1)N1CCCC2CCCCC21. The molecule has 2 saturated carbocycles. The average molecular weight is 382 g/mol. The summed E-state index contributed by atoms with van der Waals surface area (Å²) in [6.45, 7) is 0.932. The highest BCUT2D eigenvalue weighted by molar-refractivity contribution is 5.91. The Morgan fingerprint density at radius 1 is 0.893 bits per heavy atom. The van der Waals surface area contributed by atoms with Crippen molar-refractivity contribution in [3.05, 3.63) is 35.9 Å². The Hall–Kier alpha value is -1.64. The second-order valence-corrected chi connectivity index (χ2v) is 9.27. The Kier molecular flexibility index (Phi) is 6.18. The second kappa shape index (κ2) is 8.80. The van der Waals surface area contributed by atoms with Crippen LogP contribution in [0.5, 0.6) is 0 Å². The van der Waals surface area contributed by atoms with Gasteiger partial charge in [-0.15, -0.1) is 0 Å². The van der Waals surface area contributed by atoms with Crippen molar-refractivity contribution in [2.45, 2.75) is 94.9 Å². The van der Waals surface area contributed by atoms with E-state index in [1.807, 2.05) is 18.2 Å². The molecular formula is C25H35NO2. The van der Waals surface area contributed by atoms with Gasteiger partial charge in [-0.25, -0.2) is 0 Å². The van der Waals surface area contributed by atoms with Crippen LogP contribution in [-0.4, -0.2) is 29.2 Å². The molecule has 0 N–H and O–H groups in total. The number of amides is 1. The zero-order chi connectivity index (χ0) is 19.4. The molecule has 3 heteroatoms. The molecule has 1 amide bonds. The molecule has 1 aliphatic heterocycles. The number of fused-ring (bicyclic) bond motifs is 1. The number of likely N-dealkylation sites (tertiary alicyclic amines) is 1. The predicted octanol–water partition coefficient (Wildman–Crippen LogP) is 5.42. The molecule has 152 valence electrons. The summed E-state index contributed by atoms with van der Waals surface area (Å²) in [5.41, 5.74) is 0.897. The number of rotatable bonds is 6. The number of ketones is 1. The predicted molar refractivity (Wildman–Crippen MR) is 112 cm³/mol. The van der Waals surface area contributed by atoms with Gasteiger partial charge in [-0.1, -0.05) is 56.0 Å². The lowest BCUT2D eigenvalue weighted by atomic mass is 9.74. The summed E-state index contributed by atoms with van der Waals surface area (Å²) in [6, 6.07) is 10.8. The monoisotopic (exact) mass is 381 g/mol. The Labute approximate surface area is 169 Å². The van der Waals surface area contributed by atoms with Gasteiger partial charge in [0.2, 0.25) is 5.91 Å². The van der Waals surface area contributed by atoms with Crippen molar-refractivity contribution in [1.29, 1.82) is 0 Å². The van der Waals surface area contributed by atoms with E-state index in [9.17, 15) is 9.59 Å². The Bertz CT molecular complexity index is 675. The number of nitrogens with zero attached hydrogens (tertiary/aromatic N) is 1. The smallest absolute Gasteiger partial charge is 0.222 e. The average Bonchev–Trinajstić information content (AvgIpc) is 3.25. The fraction of sp³-hybridized carbons (Fsp3) is 0.680. The van der Waals surface area contributed by atoms with Gasteiger partial charge in [-0.05, 0) is 56.4 Å². The Morgan fingerprint density at radius 3 is 2.39 bits per heavy atom. The molecule has 2 unspecified atom stereocenters. The minimum absolute atomic E-state index is 0.288. The van der Waals surface area contributed by atoms with Crippen molar-refractivity contribution in [1.82, 2.24) is 4.90 Å². The molecule has 2 aliphatic carbocycles. The third-order valence-electron chi connectivity index (χ3n) is 7.68. The molecule has 0 radical (unpaired) electrons. The van der Waals surface area contributed by atoms with E-state index < -0.39 is 0 Å². The number of Topliss-reactive ketones (excluding diaryl/α,β-unsaturated/α-hetero) is 1. The van der Waals surface area contributed by atoms with Gasteiger partial charge in [0.1, 0.15) is 5.78 Å². The van der Waals surface area contributed by atoms with Gasteiger partial charge >= 0.3 is 0 Å². The van der Waals surface area contributed by atoms with Crippen LogP contribution in [0.1, 0.15) is 89.0 Å². The van der Waals surface area contributed by atoms with Crippen LogP contribution in [0, 0.1) is 5.92 Å². The maximum Gasteiger partial charge on any atom is 0.222 e. The van der Waals surface area contributed by atoms with Crippen molar-refractivity contribution < 1.29 is 9.59 Å². The highest BCUT2D eigenvalue weighted by atomic mass is 16.2. The van der Waals surface area contributed by atoms with E-state index >= 15 is 0 Å². The molecule has 0 bridgehead atoms. The van der Waals surface area contributed by atoms with Crippen molar-refractivity contribution >= 4 is 11.7 Å². The molecule has 1 aromatic carbocycles. The molecule has 3 nitrogen and oxygen atoms in total. The van der Waals surface area contributed by atoms with Gasteiger partial charge in [0.15, 0.2) is 0 Å². The fourth-order valence-corrected chi connectivity index (χ4v) is 6.18. The molecule has 3 fully saturated rings. The maximum atomic E-state index is 13.2. The number of benzene rings is 1. The van der Waals surface area contributed by atoms with Gasteiger partial charge in [0.25, 0.3) is 0 Å². The maximum absolute atomic E-state index is 13.2. The van der Waals surface area contributed by atoms with Crippen molar-refractivity contribution in [3.8, 4) is 0 Å². The van der Waals surface area contributed by atoms with Gasteiger partial charge in [-0.2, -0.15) is 0 Å². The molecule has 28 heavy (non-hydrogen) atoms.